The maximum absolute atomic E-state index is 11.4. The van der Waals surface area contributed by atoms with Crippen molar-refractivity contribution in [1.29, 1.82) is 0 Å². The third-order valence-corrected chi connectivity index (χ3v) is 3.60. The number of primary sulfonamides is 1. The number of carboxylic acid groups (broad SMARTS) is 1. The Morgan fingerprint density at radius 2 is 1.86 bits per heavy atom. The molecule has 0 bridgehead atoms. The summed E-state index contributed by atoms with van der Waals surface area (Å²) >= 11 is 0. The number of carboxylic acids is 1. The number of nitrogens with one attached hydrogen (secondary N) is 2. The molecule has 0 saturated carbocycles. The van der Waals surface area contributed by atoms with E-state index in [2.05, 4.69) is 10.6 Å². The first kappa shape index (κ1) is 16.9. The summed E-state index contributed by atoms with van der Waals surface area (Å²) in [5.74, 6) is -1.12. The second-order valence-electron chi connectivity index (χ2n) is 4.40. The molecule has 0 aliphatic carbocycles. The molecule has 9 heteroatoms. The number of amides is 2. The van der Waals surface area contributed by atoms with E-state index < -0.39 is 28.1 Å². The Morgan fingerprint density at radius 1 is 1.29 bits per heavy atom. The van der Waals surface area contributed by atoms with E-state index in [1.165, 1.54) is 19.1 Å². The molecule has 0 aliphatic heterocycles. The summed E-state index contributed by atoms with van der Waals surface area (Å²) in [4.78, 5) is 21.9. The van der Waals surface area contributed by atoms with Gasteiger partial charge in [-0.05, 0) is 31.0 Å². The van der Waals surface area contributed by atoms with Gasteiger partial charge in [-0.1, -0.05) is 12.1 Å². The largest absolute Gasteiger partial charge is 0.480 e. The van der Waals surface area contributed by atoms with Crippen LogP contribution in [0.4, 0.5) is 4.79 Å². The Bertz CT molecular complexity index is 612. The molecule has 21 heavy (non-hydrogen) atoms. The number of carbonyl (C=O) groups excluding carboxylic acids is 1. The third kappa shape index (κ3) is 5.79. The van der Waals surface area contributed by atoms with Crippen molar-refractivity contribution in [3.63, 3.8) is 0 Å². The molecule has 1 aromatic carbocycles. The molecule has 0 unspecified atom stereocenters. The van der Waals surface area contributed by atoms with Gasteiger partial charge in [0.25, 0.3) is 0 Å². The van der Waals surface area contributed by atoms with Crippen molar-refractivity contribution < 1.29 is 23.1 Å². The molecule has 1 aromatic rings. The number of rotatable bonds is 6. The fraction of sp³-hybridized carbons (Fsp3) is 0.333. The molecule has 1 atom stereocenters. The highest BCUT2D eigenvalue weighted by Gasteiger charge is 2.13. The van der Waals surface area contributed by atoms with Crippen LogP contribution < -0.4 is 15.8 Å². The zero-order chi connectivity index (χ0) is 16.0. The first-order valence-electron chi connectivity index (χ1n) is 6.09. The molecule has 1 rings (SSSR count). The van der Waals surface area contributed by atoms with Gasteiger partial charge in [-0.25, -0.2) is 18.4 Å². The molecule has 2 amide bonds. The summed E-state index contributed by atoms with van der Waals surface area (Å²) in [6, 6.07) is 4.41. The van der Waals surface area contributed by atoms with Crippen molar-refractivity contribution in [3.8, 4) is 0 Å². The average Bonchev–Trinajstić information content (AvgIpc) is 2.38. The van der Waals surface area contributed by atoms with Gasteiger partial charge in [0.2, 0.25) is 10.0 Å². The van der Waals surface area contributed by atoms with E-state index in [1.54, 1.807) is 12.1 Å². The predicted molar refractivity (Wildman–Crippen MR) is 75.2 cm³/mol. The van der Waals surface area contributed by atoms with Gasteiger partial charge in [0.15, 0.2) is 0 Å². The quantitative estimate of drug-likeness (QED) is 0.568. The second-order valence-corrected chi connectivity index (χ2v) is 5.96. The van der Waals surface area contributed by atoms with Crippen LogP contribution in [0.5, 0.6) is 0 Å². The Morgan fingerprint density at radius 3 is 2.33 bits per heavy atom. The van der Waals surface area contributed by atoms with Crippen molar-refractivity contribution in [3.05, 3.63) is 29.8 Å². The lowest BCUT2D eigenvalue weighted by atomic mass is 10.1. The molecule has 0 heterocycles. The summed E-state index contributed by atoms with van der Waals surface area (Å²) in [6.07, 6.45) is 0.472. The Hall–Kier alpha value is -2.13. The lowest BCUT2D eigenvalue weighted by Gasteiger charge is -2.10. The van der Waals surface area contributed by atoms with E-state index in [-0.39, 0.29) is 11.4 Å². The van der Waals surface area contributed by atoms with Crippen molar-refractivity contribution in [2.24, 2.45) is 5.14 Å². The summed E-state index contributed by atoms with van der Waals surface area (Å²) in [5.41, 5.74) is 0.814. The number of carbonyl (C=O) groups is 2. The van der Waals surface area contributed by atoms with Crippen LogP contribution in [-0.2, 0) is 21.2 Å². The standard InChI is InChI=1S/C12H17N3O5S/c1-8(11(16)17)15-12(18)14-7-6-9-2-4-10(5-3-9)21(13,19)20/h2-5,8H,6-7H2,1H3,(H,16,17)(H2,13,19,20)(H2,14,15,18)/t8-/m0/s1. The highest BCUT2D eigenvalue weighted by atomic mass is 32.2. The maximum atomic E-state index is 11.4. The topological polar surface area (TPSA) is 139 Å². The first-order chi connectivity index (χ1) is 9.70. The molecular weight excluding hydrogens is 298 g/mol. The molecule has 0 spiro atoms. The summed E-state index contributed by atoms with van der Waals surface area (Å²) in [6.45, 7) is 1.64. The van der Waals surface area contributed by atoms with E-state index in [9.17, 15) is 18.0 Å². The SMILES string of the molecule is C[C@H](NC(=O)NCCc1ccc(S(N)(=O)=O)cc1)C(=O)O. The molecule has 0 radical (unpaired) electrons. The number of benzene rings is 1. The van der Waals surface area contributed by atoms with E-state index >= 15 is 0 Å². The van der Waals surface area contributed by atoms with Crippen LogP contribution in [0.15, 0.2) is 29.2 Å². The van der Waals surface area contributed by atoms with Gasteiger partial charge in [0.05, 0.1) is 4.90 Å². The van der Waals surface area contributed by atoms with Crippen molar-refractivity contribution >= 4 is 22.0 Å². The van der Waals surface area contributed by atoms with Crippen LogP contribution in [0, 0.1) is 0 Å². The molecule has 0 saturated heterocycles. The van der Waals surface area contributed by atoms with Gasteiger partial charge in [-0.3, -0.25) is 4.79 Å². The molecule has 0 aromatic heterocycles. The zero-order valence-corrected chi connectivity index (χ0v) is 12.2. The number of hydrogen-bond acceptors (Lipinski definition) is 4. The first-order valence-corrected chi connectivity index (χ1v) is 7.63. The van der Waals surface area contributed by atoms with Crippen LogP contribution in [-0.4, -0.2) is 38.1 Å². The van der Waals surface area contributed by atoms with Crippen molar-refractivity contribution in [1.82, 2.24) is 10.6 Å². The average molecular weight is 315 g/mol. The monoisotopic (exact) mass is 315 g/mol. The predicted octanol–water partition coefficient (Wildman–Crippen LogP) is -0.351. The normalized spacial score (nSPS) is 12.5. The van der Waals surface area contributed by atoms with Gasteiger partial charge in [-0.15, -0.1) is 0 Å². The van der Waals surface area contributed by atoms with Gasteiger partial charge < -0.3 is 15.7 Å². The lowest BCUT2D eigenvalue weighted by Crippen LogP contribution is -2.44. The summed E-state index contributed by atoms with van der Waals surface area (Å²) in [7, 11) is -3.71. The Kier molecular flexibility index (Phi) is 5.68. The molecule has 8 nitrogen and oxygen atoms in total. The fourth-order valence-electron chi connectivity index (χ4n) is 1.48. The number of nitrogens with two attached hydrogens (primary N) is 1. The smallest absolute Gasteiger partial charge is 0.325 e. The van der Waals surface area contributed by atoms with Crippen LogP contribution in [0.1, 0.15) is 12.5 Å². The Labute approximate surface area is 122 Å². The summed E-state index contributed by atoms with van der Waals surface area (Å²) < 4.78 is 22.1. The third-order valence-electron chi connectivity index (χ3n) is 2.67. The molecular formula is C12H17N3O5S. The van der Waals surface area contributed by atoms with Crippen LogP contribution >= 0.6 is 0 Å². The molecule has 5 N–H and O–H groups in total. The molecule has 0 aliphatic rings. The van der Waals surface area contributed by atoms with Crippen LogP contribution in [0.2, 0.25) is 0 Å². The minimum atomic E-state index is -3.71. The van der Waals surface area contributed by atoms with Gasteiger partial charge in [0.1, 0.15) is 6.04 Å². The highest BCUT2D eigenvalue weighted by molar-refractivity contribution is 7.89. The minimum Gasteiger partial charge on any atom is -0.480 e. The second kappa shape index (κ2) is 7.04. The van der Waals surface area contributed by atoms with Gasteiger partial charge >= 0.3 is 12.0 Å². The lowest BCUT2D eigenvalue weighted by molar-refractivity contribution is -0.138. The molecule has 0 fully saturated rings. The van der Waals surface area contributed by atoms with Crippen LogP contribution in [0.3, 0.4) is 0 Å². The number of aliphatic carboxylic acids is 1. The maximum Gasteiger partial charge on any atom is 0.325 e. The van der Waals surface area contributed by atoms with Crippen LogP contribution in [0.25, 0.3) is 0 Å². The minimum absolute atomic E-state index is 0.0206. The number of sulfonamides is 1. The van der Waals surface area contributed by atoms with E-state index in [1.807, 2.05) is 0 Å². The van der Waals surface area contributed by atoms with E-state index in [4.69, 9.17) is 10.2 Å². The van der Waals surface area contributed by atoms with Crippen molar-refractivity contribution in [2.45, 2.75) is 24.3 Å². The van der Waals surface area contributed by atoms with Gasteiger partial charge in [0, 0.05) is 6.54 Å². The Balaban J connectivity index is 2.43. The van der Waals surface area contributed by atoms with E-state index in [0.717, 1.165) is 5.56 Å². The van der Waals surface area contributed by atoms with Crippen molar-refractivity contribution in [2.75, 3.05) is 6.54 Å². The fourth-order valence-corrected chi connectivity index (χ4v) is 1.99. The van der Waals surface area contributed by atoms with E-state index in [0.29, 0.717) is 6.42 Å². The number of urea groups is 1. The number of hydrogen-bond donors (Lipinski definition) is 4. The summed E-state index contributed by atoms with van der Waals surface area (Å²) in [5, 5.41) is 18.4. The highest BCUT2D eigenvalue weighted by Crippen LogP contribution is 2.08. The zero-order valence-electron chi connectivity index (χ0n) is 11.4. The van der Waals surface area contributed by atoms with Gasteiger partial charge in [-0.2, -0.15) is 0 Å². The molecule has 116 valence electrons.